The van der Waals surface area contributed by atoms with Crippen LogP contribution in [0.25, 0.3) is 0 Å². The fraction of sp³-hybridized carbons (Fsp3) is 0.615. The van der Waals surface area contributed by atoms with Gasteiger partial charge in [-0.15, -0.1) is 0 Å². The van der Waals surface area contributed by atoms with E-state index < -0.39 is 0 Å². The van der Waals surface area contributed by atoms with E-state index in [0.29, 0.717) is 0 Å². The standard InChI is InChI=1S/C13H22N6/c1-5-14-11(12-7-10(3)17-18(12)4)8-13-15-9-16-19(13)6-2/h7,9,11,14H,5-6,8H2,1-4H3. The lowest BCUT2D eigenvalue weighted by atomic mass is 10.1. The predicted octanol–water partition coefficient (Wildman–Crippen LogP) is 1.23. The van der Waals surface area contributed by atoms with E-state index in [9.17, 15) is 0 Å². The lowest BCUT2D eigenvalue weighted by Crippen LogP contribution is -2.26. The van der Waals surface area contributed by atoms with Crippen molar-refractivity contribution in [3.05, 3.63) is 29.6 Å². The Bertz CT molecular complexity index is 527. The molecule has 0 amide bonds. The molecule has 1 unspecified atom stereocenters. The molecular weight excluding hydrogens is 240 g/mol. The van der Waals surface area contributed by atoms with Crippen LogP contribution in [0.2, 0.25) is 0 Å². The molecule has 0 radical (unpaired) electrons. The minimum atomic E-state index is 0.214. The van der Waals surface area contributed by atoms with Gasteiger partial charge in [-0.3, -0.25) is 9.36 Å². The van der Waals surface area contributed by atoms with Crippen molar-refractivity contribution in [2.45, 2.75) is 39.8 Å². The Balaban J connectivity index is 2.23. The Morgan fingerprint density at radius 1 is 1.37 bits per heavy atom. The number of hydrogen-bond donors (Lipinski definition) is 1. The molecule has 2 aromatic rings. The molecule has 0 fully saturated rings. The van der Waals surface area contributed by atoms with Crippen LogP contribution in [0.5, 0.6) is 0 Å². The summed E-state index contributed by atoms with van der Waals surface area (Å²) < 4.78 is 3.88. The molecule has 2 aromatic heterocycles. The maximum Gasteiger partial charge on any atom is 0.138 e. The van der Waals surface area contributed by atoms with Crippen molar-refractivity contribution in [2.75, 3.05) is 6.54 Å². The van der Waals surface area contributed by atoms with E-state index in [1.54, 1.807) is 6.33 Å². The van der Waals surface area contributed by atoms with Gasteiger partial charge in [0.25, 0.3) is 0 Å². The second-order valence-corrected chi connectivity index (χ2v) is 4.64. The summed E-state index contributed by atoms with van der Waals surface area (Å²) in [6.45, 7) is 7.96. The molecule has 2 rings (SSSR count). The van der Waals surface area contributed by atoms with Crippen LogP contribution < -0.4 is 5.32 Å². The third-order valence-corrected chi connectivity index (χ3v) is 3.23. The Labute approximate surface area is 113 Å². The molecule has 19 heavy (non-hydrogen) atoms. The molecule has 0 aromatic carbocycles. The van der Waals surface area contributed by atoms with E-state index in [1.807, 2.05) is 23.3 Å². The topological polar surface area (TPSA) is 60.6 Å². The summed E-state index contributed by atoms with van der Waals surface area (Å²) in [5.41, 5.74) is 2.22. The molecule has 0 aliphatic rings. The second-order valence-electron chi connectivity index (χ2n) is 4.64. The van der Waals surface area contributed by atoms with Gasteiger partial charge in [0, 0.05) is 20.0 Å². The quantitative estimate of drug-likeness (QED) is 0.850. The van der Waals surface area contributed by atoms with Crippen LogP contribution >= 0.6 is 0 Å². The van der Waals surface area contributed by atoms with Crippen molar-refractivity contribution < 1.29 is 0 Å². The molecule has 1 N–H and O–H groups in total. The van der Waals surface area contributed by atoms with Crippen molar-refractivity contribution >= 4 is 0 Å². The van der Waals surface area contributed by atoms with Gasteiger partial charge in [0.1, 0.15) is 12.2 Å². The zero-order valence-corrected chi connectivity index (χ0v) is 12.1. The Hall–Kier alpha value is -1.69. The van der Waals surface area contributed by atoms with Gasteiger partial charge in [0.05, 0.1) is 17.4 Å². The highest BCUT2D eigenvalue weighted by Crippen LogP contribution is 2.18. The molecule has 0 bridgehead atoms. The number of nitrogens with one attached hydrogen (secondary N) is 1. The third-order valence-electron chi connectivity index (χ3n) is 3.23. The van der Waals surface area contributed by atoms with E-state index in [-0.39, 0.29) is 6.04 Å². The van der Waals surface area contributed by atoms with Crippen LogP contribution in [0.15, 0.2) is 12.4 Å². The predicted molar refractivity (Wildman–Crippen MR) is 73.8 cm³/mol. The second kappa shape index (κ2) is 5.97. The number of aromatic nitrogens is 5. The summed E-state index contributed by atoms with van der Waals surface area (Å²) in [4.78, 5) is 4.35. The minimum absolute atomic E-state index is 0.214. The van der Waals surface area contributed by atoms with Gasteiger partial charge in [0.15, 0.2) is 0 Å². The van der Waals surface area contributed by atoms with Crippen molar-refractivity contribution in [1.29, 1.82) is 0 Å². The van der Waals surface area contributed by atoms with Gasteiger partial charge in [-0.25, -0.2) is 4.98 Å². The molecule has 2 heterocycles. The molecule has 0 aliphatic heterocycles. The van der Waals surface area contributed by atoms with Gasteiger partial charge in [-0.2, -0.15) is 10.2 Å². The number of rotatable bonds is 6. The van der Waals surface area contributed by atoms with Crippen molar-refractivity contribution in [1.82, 2.24) is 29.9 Å². The van der Waals surface area contributed by atoms with Crippen LogP contribution in [-0.4, -0.2) is 31.1 Å². The summed E-state index contributed by atoms with van der Waals surface area (Å²) in [5, 5.41) is 12.1. The number of likely N-dealkylation sites (N-methyl/N-ethyl adjacent to an activating group) is 1. The van der Waals surface area contributed by atoms with E-state index in [0.717, 1.165) is 31.0 Å². The largest absolute Gasteiger partial charge is 0.309 e. The first-order valence-electron chi connectivity index (χ1n) is 6.76. The number of hydrogen-bond acceptors (Lipinski definition) is 4. The maximum absolute atomic E-state index is 4.42. The highest BCUT2D eigenvalue weighted by Gasteiger charge is 2.18. The number of aryl methyl sites for hydroxylation is 3. The van der Waals surface area contributed by atoms with Gasteiger partial charge < -0.3 is 5.32 Å². The van der Waals surface area contributed by atoms with Gasteiger partial charge in [-0.05, 0) is 26.5 Å². The zero-order valence-electron chi connectivity index (χ0n) is 12.1. The van der Waals surface area contributed by atoms with Crippen LogP contribution in [0, 0.1) is 6.92 Å². The SMILES string of the molecule is CCNC(Cc1ncnn1CC)c1cc(C)nn1C. The third kappa shape index (κ3) is 3.01. The summed E-state index contributed by atoms with van der Waals surface area (Å²) in [7, 11) is 1.98. The average Bonchev–Trinajstić information content (AvgIpc) is 2.95. The van der Waals surface area contributed by atoms with E-state index >= 15 is 0 Å². The van der Waals surface area contributed by atoms with Crippen LogP contribution in [-0.2, 0) is 20.0 Å². The zero-order chi connectivity index (χ0) is 13.8. The fourth-order valence-electron chi connectivity index (χ4n) is 2.38. The molecule has 6 heteroatoms. The molecule has 1 atom stereocenters. The average molecular weight is 262 g/mol. The first-order chi connectivity index (χ1) is 9.15. The van der Waals surface area contributed by atoms with E-state index in [1.165, 1.54) is 5.69 Å². The lowest BCUT2D eigenvalue weighted by molar-refractivity contribution is 0.480. The van der Waals surface area contributed by atoms with Crippen molar-refractivity contribution in [3.8, 4) is 0 Å². The molecule has 0 saturated heterocycles. The molecule has 6 nitrogen and oxygen atoms in total. The molecule has 0 spiro atoms. The Morgan fingerprint density at radius 2 is 2.16 bits per heavy atom. The van der Waals surface area contributed by atoms with Crippen LogP contribution in [0.3, 0.4) is 0 Å². The fourth-order valence-corrected chi connectivity index (χ4v) is 2.38. The Morgan fingerprint density at radius 3 is 2.74 bits per heavy atom. The molecule has 0 aliphatic carbocycles. The highest BCUT2D eigenvalue weighted by atomic mass is 15.3. The van der Waals surface area contributed by atoms with Gasteiger partial charge in [-0.1, -0.05) is 6.92 Å². The minimum Gasteiger partial charge on any atom is -0.309 e. The smallest absolute Gasteiger partial charge is 0.138 e. The summed E-state index contributed by atoms with van der Waals surface area (Å²) in [6, 6.07) is 2.34. The van der Waals surface area contributed by atoms with Gasteiger partial charge >= 0.3 is 0 Å². The highest BCUT2D eigenvalue weighted by molar-refractivity contribution is 5.14. The monoisotopic (exact) mass is 262 g/mol. The molecule has 104 valence electrons. The van der Waals surface area contributed by atoms with Crippen LogP contribution in [0.4, 0.5) is 0 Å². The van der Waals surface area contributed by atoms with Crippen molar-refractivity contribution in [3.63, 3.8) is 0 Å². The van der Waals surface area contributed by atoms with E-state index in [2.05, 4.69) is 40.4 Å². The lowest BCUT2D eigenvalue weighted by Gasteiger charge is -2.17. The summed E-state index contributed by atoms with van der Waals surface area (Å²) in [6.07, 6.45) is 2.44. The van der Waals surface area contributed by atoms with E-state index in [4.69, 9.17) is 0 Å². The first kappa shape index (κ1) is 13.7. The van der Waals surface area contributed by atoms with Crippen molar-refractivity contribution in [2.24, 2.45) is 7.05 Å². The molecule has 0 saturated carbocycles. The van der Waals surface area contributed by atoms with Crippen LogP contribution in [0.1, 0.15) is 37.1 Å². The first-order valence-corrected chi connectivity index (χ1v) is 6.76. The summed E-state index contributed by atoms with van der Waals surface area (Å²) in [5.74, 6) is 1.01. The van der Waals surface area contributed by atoms with Gasteiger partial charge in [0.2, 0.25) is 0 Å². The Kier molecular flexibility index (Phi) is 4.31. The molecular formula is C13H22N6. The normalized spacial score (nSPS) is 12.8. The maximum atomic E-state index is 4.42. The summed E-state index contributed by atoms with van der Waals surface area (Å²) >= 11 is 0. The number of nitrogens with zero attached hydrogens (tertiary/aromatic N) is 5.